The topological polar surface area (TPSA) is 93.7 Å². The van der Waals surface area contributed by atoms with E-state index in [1.54, 1.807) is 20.8 Å². The molecule has 1 atom stereocenters. The average molecular weight is 426 g/mol. The van der Waals surface area contributed by atoms with Crippen LogP contribution in [0.2, 0.25) is 0 Å². The molecule has 0 aliphatic carbocycles. The second kappa shape index (κ2) is 7.36. The van der Waals surface area contributed by atoms with E-state index in [-0.39, 0.29) is 5.56 Å². The molecule has 2 N–H and O–H groups in total. The van der Waals surface area contributed by atoms with Crippen LogP contribution in [-0.4, -0.2) is 26.7 Å². The molecule has 10 heteroatoms. The van der Waals surface area contributed by atoms with E-state index >= 15 is 0 Å². The van der Waals surface area contributed by atoms with Crippen molar-refractivity contribution in [3.8, 4) is 0 Å². The first-order valence-corrected chi connectivity index (χ1v) is 10.0. The molecule has 0 spiro atoms. The Labute approximate surface area is 167 Å². The van der Waals surface area contributed by atoms with Gasteiger partial charge in [-0.25, -0.2) is 13.6 Å². The number of ether oxygens (including phenoxy) is 1. The Morgan fingerprint density at radius 2 is 1.69 bits per heavy atom. The minimum atomic E-state index is -4.11. The molecule has 0 bridgehead atoms. The lowest BCUT2D eigenvalue weighted by molar-refractivity contribution is 0.0636. The van der Waals surface area contributed by atoms with Crippen LogP contribution in [0, 0.1) is 11.6 Å². The van der Waals surface area contributed by atoms with E-state index < -0.39 is 45.8 Å². The van der Waals surface area contributed by atoms with Gasteiger partial charge in [0.2, 0.25) is 0 Å². The number of benzene rings is 2. The summed E-state index contributed by atoms with van der Waals surface area (Å²) in [7, 11) is -4.11. The van der Waals surface area contributed by atoms with Gasteiger partial charge in [-0.05, 0) is 56.2 Å². The molecule has 2 aromatic rings. The molecule has 0 unspecified atom stereocenters. The fraction of sp³-hybridized carbons (Fsp3) is 0.316. The minimum absolute atomic E-state index is 0.0453. The summed E-state index contributed by atoms with van der Waals surface area (Å²) in [5.74, 6) is -1.71. The lowest BCUT2D eigenvalue weighted by Gasteiger charge is -2.28. The van der Waals surface area contributed by atoms with Crippen molar-refractivity contribution in [1.82, 2.24) is 4.72 Å². The molecule has 1 aliphatic rings. The zero-order valence-corrected chi connectivity index (χ0v) is 16.8. The highest BCUT2D eigenvalue weighted by Crippen LogP contribution is 2.36. The summed E-state index contributed by atoms with van der Waals surface area (Å²) in [6.07, 6.45) is -0.655. The molecule has 7 nitrogen and oxygen atoms in total. The van der Waals surface area contributed by atoms with E-state index in [1.165, 1.54) is 24.3 Å². The number of carbonyl (C=O) groups is 1. The highest BCUT2D eigenvalue weighted by molar-refractivity contribution is 7.85. The SMILES string of the molecule is CC(C)(C)OC(=O)Nc1ccc([C@@]2(c3cc(F)cc(F)c3)COS(=O)(=O)N2)cc1. The molecule has 0 aromatic heterocycles. The number of hydrogen-bond donors (Lipinski definition) is 2. The molecule has 1 fully saturated rings. The van der Waals surface area contributed by atoms with Crippen molar-refractivity contribution in [3.63, 3.8) is 0 Å². The summed E-state index contributed by atoms with van der Waals surface area (Å²) in [5, 5.41) is 2.55. The molecule has 1 saturated heterocycles. The Bertz CT molecular complexity index is 1020. The molecule has 29 heavy (non-hydrogen) atoms. The highest BCUT2D eigenvalue weighted by Gasteiger charge is 2.46. The van der Waals surface area contributed by atoms with Gasteiger partial charge in [0.1, 0.15) is 22.8 Å². The lowest BCUT2D eigenvalue weighted by Crippen LogP contribution is -2.42. The maximum absolute atomic E-state index is 13.8. The first kappa shape index (κ1) is 21.2. The summed E-state index contributed by atoms with van der Waals surface area (Å²) < 4.78 is 63.7. The van der Waals surface area contributed by atoms with Gasteiger partial charge >= 0.3 is 16.4 Å². The highest BCUT2D eigenvalue weighted by atomic mass is 32.2. The molecular formula is C19H20F2N2O5S. The smallest absolute Gasteiger partial charge is 0.412 e. The number of halogens is 2. The second-order valence-corrected chi connectivity index (χ2v) is 8.93. The van der Waals surface area contributed by atoms with E-state index in [9.17, 15) is 22.0 Å². The second-order valence-electron chi connectivity index (χ2n) is 7.59. The van der Waals surface area contributed by atoms with Gasteiger partial charge in [-0.2, -0.15) is 13.1 Å². The number of nitrogens with one attached hydrogen (secondary N) is 2. The van der Waals surface area contributed by atoms with Crippen LogP contribution in [0.4, 0.5) is 19.3 Å². The van der Waals surface area contributed by atoms with E-state index in [0.29, 0.717) is 17.3 Å². The summed E-state index contributed by atoms with van der Waals surface area (Å²) in [6, 6.07) is 8.83. The third-order valence-electron chi connectivity index (χ3n) is 4.11. The van der Waals surface area contributed by atoms with Gasteiger partial charge in [-0.15, -0.1) is 0 Å². The average Bonchev–Trinajstić information content (AvgIpc) is 2.90. The maximum atomic E-state index is 13.8. The molecule has 156 valence electrons. The lowest BCUT2D eigenvalue weighted by atomic mass is 9.84. The van der Waals surface area contributed by atoms with Gasteiger partial charge in [0.15, 0.2) is 0 Å². The Kier molecular flexibility index (Phi) is 5.37. The van der Waals surface area contributed by atoms with E-state index in [2.05, 4.69) is 10.0 Å². The van der Waals surface area contributed by atoms with Gasteiger partial charge in [0, 0.05) is 11.8 Å². The Hall–Kier alpha value is -2.56. The van der Waals surface area contributed by atoms with Crippen LogP contribution in [0.25, 0.3) is 0 Å². The van der Waals surface area contributed by atoms with Gasteiger partial charge in [-0.3, -0.25) is 9.50 Å². The Morgan fingerprint density at radius 1 is 1.10 bits per heavy atom. The third kappa shape index (κ3) is 4.89. The molecule has 3 rings (SSSR count). The molecule has 2 aromatic carbocycles. The predicted molar refractivity (Wildman–Crippen MR) is 101 cm³/mol. The summed E-state index contributed by atoms with van der Waals surface area (Å²) in [6.45, 7) is 4.79. The van der Waals surface area contributed by atoms with E-state index in [1.807, 2.05) is 0 Å². The van der Waals surface area contributed by atoms with Gasteiger partial charge < -0.3 is 4.74 Å². The molecule has 1 aliphatic heterocycles. The van der Waals surface area contributed by atoms with Crippen LogP contribution in [0.5, 0.6) is 0 Å². The van der Waals surface area contributed by atoms with Crippen LogP contribution < -0.4 is 10.0 Å². The van der Waals surface area contributed by atoms with Crippen molar-refractivity contribution in [2.24, 2.45) is 0 Å². The van der Waals surface area contributed by atoms with Gasteiger partial charge in [0.25, 0.3) is 0 Å². The largest absolute Gasteiger partial charge is 0.444 e. The van der Waals surface area contributed by atoms with Crippen molar-refractivity contribution in [2.45, 2.75) is 31.9 Å². The van der Waals surface area contributed by atoms with Crippen LogP contribution in [0.15, 0.2) is 42.5 Å². The number of anilines is 1. The quantitative estimate of drug-likeness (QED) is 0.785. The Balaban J connectivity index is 1.95. The minimum Gasteiger partial charge on any atom is -0.444 e. The number of carbonyl (C=O) groups excluding carboxylic acids is 1. The summed E-state index contributed by atoms with van der Waals surface area (Å²) >= 11 is 0. The number of amides is 1. The zero-order valence-electron chi connectivity index (χ0n) is 16.0. The van der Waals surface area contributed by atoms with Crippen molar-refractivity contribution in [1.29, 1.82) is 0 Å². The third-order valence-corrected chi connectivity index (χ3v) is 5.13. The van der Waals surface area contributed by atoms with Gasteiger partial charge in [0.05, 0.1) is 6.61 Å². The normalized spacial score (nSPS) is 21.0. The fourth-order valence-corrected chi connectivity index (χ4v) is 4.06. The Morgan fingerprint density at radius 3 is 2.17 bits per heavy atom. The van der Waals surface area contributed by atoms with Crippen molar-refractivity contribution in [3.05, 3.63) is 65.2 Å². The fourth-order valence-electron chi connectivity index (χ4n) is 2.95. The first-order chi connectivity index (χ1) is 13.4. The van der Waals surface area contributed by atoms with Gasteiger partial charge in [-0.1, -0.05) is 12.1 Å². The van der Waals surface area contributed by atoms with Crippen LogP contribution in [-0.2, 0) is 24.8 Å². The van der Waals surface area contributed by atoms with Crippen molar-refractivity contribution < 1.29 is 30.9 Å². The standard InChI is InChI=1S/C19H20F2N2O5S/c1-18(2,3)28-17(24)22-16-6-4-12(5-7-16)19(11-27-29(25,26)23-19)13-8-14(20)10-15(21)9-13/h4-10,23H,11H2,1-3H3,(H,22,24)/t19-/m1/s1. The van der Waals surface area contributed by atoms with E-state index in [0.717, 1.165) is 12.1 Å². The predicted octanol–water partition coefficient (Wildman–Crippen LogP) is 3.42. The summed E-state index contributed by atoms with van der Waals surface area (Å²) in [5.41, 5.74) is -1.38. The zero-order chi connectivity index (χ0) is 21.4. The summed E-state index contributed by atoms with van der Waals surface area (Å²) in [4.78, 5) is 11.9. The van der Waals surface area contributed by atoms with Crippen molar-refractivity contribution >= 4 is 22.1 Å². The van der Waals surface area contributed by atoms with Crippen molar-refractivity contribution in [2.75, 3.05) is 11.9 Å². The van der Waals surface area contributed by atoms with E-state index in [4.69, 9.17) is 8.92 Å². The molecule has 0 radical (unpaired) electrons. The molecule has 0 saturated carbocycles. The molecule has 1 heterocycles. The molecule has 1 amide bonds. The van der Waals surface area contributed by atoms with Crippen LogP contribution in [0.3, 0.4) is 0 Å². The number of hydrogen-bond acceptors (Lipinski definition) is 5. The number of rotatable bonds is 3. The molecular weight excluding hydrogens is 406 g/mol. The van der Waals surface area contributed by atoms with Crippen LogP contribution in [0.1, 0.15) is 31.9 Å². The van der Waals surface area contributed by atoms with Crippen LogP contribution >= 0.6 is 0 Å². The first-order valence-electron chi connectivity index (χ1n) is 8.64. The maximum Gasteiger partial charge on any atom is 0.412 e. The monoisotopic (exact) mass is 426 g/mol.